The van der Waals surface area contributed by atoms with E-state index in [0.29, 0.717) is 41.0 Å². The lowest BCUT2D eigenvalue weighted by atomic mass is 10.2. The van der Waals surface area contributed by atoms with E-state index < -0.39 is 12.0 Å². The Balaban J connectivity index is 1.37. The molecule has 3 amide bonds. The molecule has 0 bridgehead atoms. The van der Waals surface area contributed by atoms with E-state index in [-0.39, 0.29) is 11.9 Å². The van der Waals surface area contributed by atoms with Crippen molar-refractivity contribution in [3.8, 4) is 10.6 Å². The third-order valence-corrected chi connectivity index (χ3v) is 6.31. The lowest BCUT2D eigenvalue weighted by Gasteiger charge is -2.23. The van der Waals surface area contributed by atoms with E-state index in [2.05, 4.69) is 20.8 Å². The van der Waals surface area contributed by atoms with Gasteiger partial charge in [0.05, 0.1) is 12.2 Å². The van der Waals surface area contributed by atoms with E-state index in [1.165, 1.54) is 16.2 Å². The van der Waals surface area contributed by atoms with Gasteiger partial charge in [-0.15, -0.1) is 10.2 Å². The number of anilines is 2. The molecule has 1 aliphatic heterocycles. The summed E-state index contributed by atoms with van der Waals surface area (Å²) < 4.78 is 4.96. The van der Waals surface area contributed by atoms with E-state index in [4.69, 9.17) is 4.74 Å². The Morgan fingerprint density at radius 1 is 1.06 bits per heavy atom. The maximum absolute atomic E-state index is 12.9. The fraction of sp³-hybridized carbons (Fsp3) is 0.292. The van der Waals surface area contributed by atoms with Crippen LogP contribution in [-0.2, 0) is 9.53 Å². The fourth-order valence-corrected chi connectivity index (χ4v) is 4.41. The summed E-state index contributed by atoms with van der Waals surface area (Å²) in [7, 11) is 0. The number of nitrogens with zero attached hydrogens (tertiary/aromatic N) is 3. The zero-order valence-electron chi connectivity index (χ0n) is 18.9. The molecule has 1 aromatic heterocycles. The molecular weight excluding hydrogens is 454 g/mol. The summed E-state index contributed by atoms with van der Waals surface area (Å²) in [6.07, 6.45) is 1.28. The second-order valence-corrected chi connectivity index (χ2v) is 8.82. The van der Waals surface area contributed by atoms with Gasteiger partial charge in [-0.05, 0) is 51.0 Å². The van der Waals surface area contributed by atoms with Gasteiger partial charge in [0.25, 0.3) is 0 Å². The number of hydrogen-bond donors (Lipinski definition) is 2. The van der Waals surface area contributed by atoms with Crippen LogP contribution in [0.15, 0.2) is 48.5 Å². The largest absolute Gasteiger partial charge is 0.462 e. The summed E-state index contributed by atoms with van der Waals surface area (Å²) in [6, 6.07) is 13.4. The van der Waals surface area contributed by atoms with Crippen LogP contribution in [0.25, 0.3) is 10.6 Å². The fourth-order valence-electron chi connectivity index (χ4n) is 3.66. The molecule has 10 heteroatoms. The van der Waals surface area contributed by atoms with Gasteiger partial charge in [0, 0.05) is 17.8 Å². The molecule has 34 heavy (non-hydrogen) atoms. The Labute approximate surface area is 201 Å². The number of nitrogens with one attached hydrogen (secondary N) is 2. The van der Waals surface area contributed by atoms with Crippen molar-refractivity contribution < 1.29 is 19.1 Å². The topological polar surface area (TPSA) is 114 Å². The molecular formula is C24H25N5O4S. The van der Waals surface area contributed by atoms with Crippen LogP contribution in [0.4, 0.5) is 15.6 Å². The van der Waals surface area contributed by atoms with Crippen molar-refractivity contribution in [2.24, 2.45) is 0 Å². The molecule has 0 saturated carbocycles. The van der Waals surface area contributed by atoms with E-state index in [9.17, 15) is 14.4 Å². The van der Waals surface area contributed by atoms with Crippen molar-refractivity contribution in [1.29, 1.82) is 0 Å². The van der Waals surface area contributed by atoms with Gasteiger partial charge in [0.2, 0.25) is 11.0 Å². The Hall–Kier alpha value is -3.79. The maximum atomic E-state index is 12.9. The molecule has 1 unspecified atom stereocenters. The minimum absolute atomic E-state index is 0.292. The Morgan fingerprint density at radius 2 is 1.79 bits per heavy atom. The summed E-state index contributed by atoms with van der Waals surface area (Å²) in [4.78, 5) is 39.0. The molecule has 9 nitrogen and oxygen atoms in total. The number of amides is 3. The van der Waals surface area contributed by atoms with Crippen LogP contribution >= 0.6 is 11.3 Å². The van der Waals surface area contributed by atoms with E-state index in [1.807, 2.05) is 31.2 Å². The molecule has 0 spiro atoms. The lowest BCUT2D eigenvalue weighted by molar-refractivity contribution is -0.119. The highest BCUT2D eigenvalue weighted by molar-refractivity contribution is 7.18. The van der Waals surface area contributed by atoms with Crippen LogP contribution < -0.4 is 10.6 Å². The van der Waals surface area contributed by atoms with Crippen LogP contribution in [0.2, 0.25) is 0 Å². The van der Waals surface area contributed by atoms with Gasteiger partial charge >= 0.3 is 12.0 Å². The van der Waals surface area contributed by atoms with Gasteiger partial charge in [-0.3, -0.25) is 10.1 Å². The monoisotopic (exact) mass is 479 g/mol. The molecule has 1 aliphatic rings. The molecule has 1 saturated heterocycles. The average molecular weight is 480 g/mol. The Kier molecular flexibility index (Phi) is 7.17. The van der Waals surface area contributed by atoms with Crippen molar-refractivity contribution in [2.75, 3.05) is 23.8 Å². The Morgan fingerprint density at radius 3 is 2.50 bits per heavy atom. The van der Waals surface area contributed by atoms with Gasteiger partial charge in [-0.2, -0.15) is 0 Å². The van der Waals surface area contributed by atoms with Crippen molar-refractivity contribution in [3.05, 3.63) is 59.7 Å². The molecule has 2 N–H and O–H groups in total. The highest BCUT2D eigenvalue weighted by Crippen LogP contribution is 2.27. The molecule has 1 fully saturated rings. The predicted molar refractivity (Wildman–Crippen MR) is 130 cm³/mol. The van der Waals surface area contributed by atoms with E-state index >= 15 is 0 Å². The molecule has 4 rings (SSSR count). The van der Waals surface area contributed by atoms with Crippen LogP contribution in [0, 0.1) is 6.92 Å². The minimum Gasteiger partial charge on any atom is -0.462 e. The summed E-state index contributed by atoms with van der Waals surface area (Å²) in [6.45, 7) is 4.51. The van der Waals surface area contributed by atoms with Crippen LogP contribution in [0.5, 0.6) is 0 Å². The molecule has 1 atom stereocenters. The number of urea groups is 1. The molecule has 0 aliphatic carbocycles. The van der Waals surface area contributed by atoms with Gasteiger partial charge < -0.3 is 15.0 Å². The second-order valence-electron chi connectivity index (χ2n) is 7.85. The number of benzene rings is 2. The summed E-state index contributed by atoms with van der Waals surface area (Å²) >= 11 is 1.29. The zero-order chi connectivity index (χ0) is 24.1. The zero-order valence-corrected chi connectivity index (χ0v) is 19.7. The second kappa shape index (κ2) is 10.4. The minimum atomic E-state index is -0.606. The maximum Gasteiger partial charge on any atom is 0.338 e. The van der Waals surface area contributed by atoms with Crippen molar-refractivity contribution >= 4 is 40.1 Å². The predicted octanol–water partition coefficient (Wildman–Crippen LogP) is 4.33. The lowest BCUT2D eigenvalue weighted by Crippen LogP contribution is -2.45. The third kappa shape index (κ3) is 5.40. The number of likely N-dealkylation sites (tertiary alicyclic amines) is 1. The number of esters is 1. The van der Waals surface area contributed by atoms with Gasteiger partial charge in [-0.25, -0.2) is 9.59 Å². The first kappa shape index (κ1) is 23.4. The summed E-state index contributed by atoms with van der Waals surface area (Å²) in [5, 5.41) is 14.9. The Bertz CT molecular complexity index is 1180. The number of hydrogen-bond acceptors (Lipinski definition) is 7. The highest BCUT2D eigenvalue weighted by atomic mass is 32.1. The SMILES string of the molecule is CCOC(=O)c1ccc(NC(=O)N2CCCC2C(=O)Nc2nnc(-c3ccc(C)cc3)s2)cc1. The number of rotatable bonds is 6. The summed E-state index contributed by atoms with van der Waals surface area (Å²) in [5.41, 5.74) is 3.01. The number of carbonyl (C=O) groups is 3. The van der Waals surface area contributed by atoms with Gasteiger partial charge in [0.15, 0.2) is 0 Å². The van der Waals surface area contributed by atoms with Gasteiger partial charge in [0.1, 0.15) is 11.0 Å². The highest BCUT2D eigenvalue weighted by Gasteiger charge is 2.34. The molecule has 0 radical (unpaired) electrons. The third-order valence-electron chi connectivity index (χ3n) is 5.42. The molecule has 3 aromatic rings. The smallest absolute Gasteiger partial charge is 0.338 e. The standard InChI is InChI=1S/C24H25N5O4S/c1-3-33-22(31)17-10-12-18(13-11-17)25-24(32)29-14-4-5-19(29)20(30)26-23-28-27-21(34-23)16-8-6-15(2)7-9-16/h6-13,19H,3-5,14H2,1-2H3,(H,25,32)(H,26,28,30). The van der Waals surface area contributed by atoms with Crippen LogP contribution in [-0.4, -0.2) is 52.2 Å². The number of ether oxygens (including phenoxy) is 1. The van der Waals surface area contributed by atoms with Gasteiger partial charge in [-0.1, -0.05) is 41.2 Å². The molecule has 2 aromatic carbocycles. The average Bonchev–Trinajstić information content (AvgIpc) is 3.50. The van der Waals surface area contributed by atoms with Crippen LogP contribution in [0.3, 0.4) is 0 Å². The number of aromatic nitrogens is 2. The first-order chi connectivity index (χ1) is 16.4. The number of aryl methyl sites for hydroxylation is 1. The van der Waals surface area contributed by atoms with Crippen molar-refractivity contribution in [3.63, 3.8) is 0 Å². The molecule has 2 heterocycles. The van der Waals surface area contributed by atoms with E-state index in [0.717, 1.165) is 17.5 Å². The molecule has 176 valence electrons. The van der Waals surface area contributed by atoms with Crippen LogP contribution in [0.1, 0.15) is 35.7 Å². The van der Waals surface area contributed by atoms with Crippen molar-refractivity contribution in [1.82, 2.24) is 15.1 Å². The normalized spacial score (nSPS) is 15.1. The first-order valence-corrected chi connectivity index (χ1v) is 11.8. The quantitative estimate of drug-likeness (QED) is 0.509. The van der Waals surface area contributed by atoms with Crippen molar-refractivity contribution in [2.45, 2.75) is 32.7 Å². The summed E-state index contributed by atoms with van der Waals surface area (Å²) in [5.74, 6) is -0.712. The first-order valence-electron chi connectivity index (χ1n) is 11.0. The number of carbonyl (C=O) groups excluding carboxylic acids is 3. The van der Waals surface area contributed by atoms with E-state index in [1.54, 1.807) is 31.2 Å².